The highest BCUT2D eigenvalue weighted by Crippen LogP contribution is 2.32. The fraction of sp³-hybridized carbons (Fsp3) is 0.222. The van der Waals surface area contributed by atoms with Gasteiger partial charge < -0.3 is 14.3 Å². The van der Waals surface area contributed by atoms with Gasteiger partial charge in [-0.25, -0.2) is 0 Å². The minimum Gasteiger partial charge on any atom is -0.493 e. The lowest BCUT2D eigenvalue weighted by Crippen LogP contribution is -1.97. The number of ether oxygens (including phenoxy) is 2. The van der Waals surface area contributed by atoms with E-state index in [0.29, 0.717) is 34.3 Å². The van der Waals surface area contributed by atoms with Gasteiger partial charge in [-0.05, 0) is 19.1 Å². The minimum absolute atomic E-state index is 0.200. The van der Waals surface area contributed by atoms with Gasteiger partial charge in [-0.3, -0.25) is 0 Å². The molecule has 0 heterocycles. The summed E-state index contributed by atoms with van der Waals surface area (Å²) in [5.74, 6) is 1.14. The van der Waals surface area contributed by atoms with Crippen molar-refractivity contribution >= 4 is 17.8 Å². The van der Waals surface area contributed by atoms with E-state index in [1.807, 2.05) is 19.1 Å². The van der Waals surface area contributed by atoms with Crippen molar-refractivity contribution in [2.75, 3.05) is 13.7 Å². The van der Waals surface area contributed by atoms with E-state index < -0.39 is 0 Å². The standard InChI is InChI=1S/C18H17ClN2O3/c1-3-23-18-9-16(19)15(8-17(18)22-2)11-21-24-12-14-7-5-4-6-13(14)10-20/h4-9,11H,3,12H2,1-2H3/b21-11-. The van der Waals surface area contributed by atoms with Crippen LogP contribution in [0, 0.1) is 11.3 Å². The van der Waals surface area contributed by atoms with Crippen molar-refractivity contribution in [1.82, 2.24) is 0 Å². The topological polar surface area (TPSA) is 63.8 Å². The van der Waals surface area contributed by atoms with E-state index in [9.17, 15) is 0 Å². The van der Waals surface area contributed by atoms with E-state index >= 15 is 0 Å². The van der Waals surface area contributed by atoms with Crippen LogP contribution in [-0.4, -0.2) is 19.9 Å². The zero-order valence-electron chi connectivity index (χ0n) is 13.5. The predicted octanol–water partition coefficient (Wildman–Crippen LogP) is 4.17. The number of hydrogen-bond donors (Lipinski definition) is 0. The van der Waals surface area contributed by atoms with Crippen LogP contribution in [-0.2, 0) is 11.4 Å². The Hall–Kier alpha value is -2.71. The van der Waals surface area contributed by atoms with E-state index in [1.54, 1.807) is 31.4 Å². The molecule has 0 unspecified atom stereocenters. The largest absolute Gasteiger partial charge is 0.493 e. The molecule has 2 aromatic carbocycles. The Bertz CT molecular complexity index is 769. The Labute approximate surface area is 146 Å². The van der Waals surface area contributed by atoms with Gasteiger partial charge in [0.25, 0.3) is 0 Å². The van der Waals surface area contributed by atoms with E-state index in [2.05, 4.69) is 11.2 Å². The second-order valence-electron chi connectivity index (χ2n) is 4.73. The number of hydrogen-bond acceptors (Lipinski definition) is 5. The van der Waals surface area contributed by atoms with Gasteiger partial charge in [-0.2, -0.15) is 5.26 Å². The van der Waals surface area contributed by atoms with Crippen LogP contribution in [0.4, 0.5) is 0 Å². The fourth-order valence-electron chi connectivity index (χ4n) is 2.03. The SMILES string of the molecule is CCOc1cc(Cl)c(/C=N\OCc2ccccc2C#N)cc1OC. The van der Waals surface area contributed by atoms with Crippen LogP contribution in [0.3, 0.4) is 0 Å². The van der Waals surface area contributed by atoms with Crippen molar-refractivity contribution in [3.05, 3.63) is 58.1 Å². The molecule has 0 amide bonds. The maximum Gasteiger partial charge on any atom is 0.162 e. The molecule has 2 aromatic rings. The lowest BCUT2D eigenvalue weighted by Gasteiger charge is -2.11. The third-order valence-corrected chi connectivity index (χ3v) is 3.53. The van der Waals surface area contributed by atoms with Crippen molar-refractivity contribution in [1.29, 1.82) is 5.26 Å². The third kappa shape index (κ3) is 4.40. The summed E-state index contributed by atoms with van der Waals surface area (Å²) in [6, 6.07) is 12.7. The third-order valence-electron chi connectivity index (χ3n) is 3.21. The molecule has 0 fully saturated rings. The molecule has 0 radical (unpaired) electrons. The van der Waals surface area contributed by atoms with Crippen LogP contribution in [0.2, 0.25) is 5.02 Å². The van der Waals surface area contributed by atoms with Gasteiger partial charge in [0.2, 0.25) is 0 Å². The Morgan fingerprint density at radius 3 is 2.75 bits per heavy atom. The van der Waals surface area contributed by atoms with Crippen LogP contribution < -0.4 is 9.47 Å². The highest BCUT2D eigenvalue weighted by Gasteiger charge is 2.09. The Morgan fingerprint density at radius 2 is 2.04 bits per heavy atom. The first-order chi connectivity index (χ1) is 11.7. The lowest BCUT2D eigenvalue weighted by atomic mass is 10.1. The summed E-state index contributed by atoms with van der Waals surface area (Å²) in [5.41, 5.74) is 1.98. The second-order valence-corrected chi connectivity index (χ2v) is 5.14. The summed E-state index contributed by atoms with van der Waals surface area (Å²) < 4.78 is 10.7. The van der Waals surface area contributed by atoms with Gasteiger partial charge in [0.1, 0.15) is 6.61 Å². The number of methoxy groups -OCH3 is 1. The molecule has 24 heavy (non-hydrogen) atoms. The normalized spacial score (nSPS) is 10.4. The first-order valence-corrected chi connectivity index (χ1v) is 7.71. The van der Waals surface area contributed by atoms with Crippen molar-refractivity contribution in [3.8, 4) is 17.6 Å². The number of nitrogens with zero attached hydrogens (tertiary/aromatic N) is 2. The van der Waals surface area contributed by atoms with Crippen LogP contribution in [0.25, 0.3) is 0 Å². The van der Waals surface area contributed by atoms with Gasteiger partial charge >= 0.3 is 0 Å². The molecule has 0 spiro atoms. The van der Waals surface area contributed by atoms with Crippen LogP contribution >= 0.6 is 11.6 Å². The first-order valence-electron chi connectivity index (χ1n) is 7.33. The maximum atomic E-state index is 9.03. The fourth-order valence-corrected chi connectivity index (χ4v) is 2.24. The number of benzene rings is 2. The molecule has 0 saturated carbocycles. The molecule has 5 nitrogen and oxygen atoms in total. The van der Waals surface area contributed by atoms with E-state index in [-0.39, 0.29) is 6.61 Å². The highest BCUT2D eigenvalue weighted by molar-refractivity contribution is 6.33. The van der Waals surface area contributed by atoms with Crippen LogP contribution in [0.15, 0.2) is 41.6 Å². The average Bonchev–Trinajstić information content (AvgIpc) is 2.60. The van der Waals surface area contributed by atoms with Crippen LogP contribution in [0.1, 0.15) is 23.6 Å². The average molecular weight is 345 g/mol. The highest BCUT2D eigenvalue weighted by atomic mass is 35.5. The van der Waals surface area contributed by atoms with E-state index in [0.717, 1.165) is 5.56 Å². The number of rotatable bonds is 7. The zero-order valence-corrected chi connectivity index (χ0v) is 14.2. The smallest absolute Gasteiger partial charge is 0.162 e. The predicted molar refractivity (Wildman–Crippen MR) is 92.7 cm³/mol. The van der Waals surface area contributed by atoms with Gasteiger partial charge in [-0.15, -0.1) is 0 Å². The van der Waals surface area contributed by atoms with Gasteiger partial charge in [0.15, 0.2) is 11.5 Å². The van der Waals surface area contributed by atoms with Crippen molar-refractivity contribution in [3.63, 3.8) is 0 Å². The summed E-state index contributed by atoms with van der Waals surface area (Å²) in [5, 5.41) is 13.4. The Kier molecular flexibility index (Phi) is 6.47. The number of nitriles is 1. The van der Waals surface area contributed by atoms with Crippen molar-refractivity contribution in [2.24, 2.45) is 5.16 Å². The molecule has 0 aliphatic heterocycles. The molecule has 0 aliphatic rings. The molecule has 0 N–H and O–H groups in total. The zero-order chi connectivity index (χ0) is 17.4. The van der Waals surface area contributed by atoms with Gasteiger partial charge in [-0.1, -0.05) is 35.0 Å². The monoisotopic (exact) mass is 344 g/mol. The van der Waals surface area contributed by atoms with E-state index in [1.165, 1.54) is 6.21 Å². The van der Waals surface area contributed by atoms with Crippen LogP contribution in [0.5, 0.6) is 11.5 Å². The molecule has 0 aliphatic carbocycles. The Morgan fingerprint density at radius 1 is 1.25 bits per heavy atom. The van der Waals surface area contributed by atoms with Crippen molar-refractivity contribution in [2.45, 2.75) is 13.5 Å². The summed E-state index contributed by atoms with van der Waals surface area (Å²) in [7, 11) is 1.56. The van der Waals surface area contributed by atoms with E-state index in [4.69, 9.17) is 31.2 Å². The molecular formula is C18H17ClN2O3. The number of oxime groups is 1. The quantitative estimate of drug-likeness (QED) is 0.558. The molecule has 0 atom stereocenters. The lowest BCUT2D eigenvalue weighted by molar-refractivity contribution is 0.132. The Balaban J connectivity index is 2.08. The maximum absolute atomic E-state index is 9.03. The molecule has 0 aromatic heterocycles. The molecule has 6 heteroatoms. The summed E-state index contributed by atoms with van der Waals surface area (Å²) in [6.07, 6.45) is 1.50. The molecular weight excluding hydrogens is 328 g/mol. The summed E-state index contributed by atoms with van der Waals surface area (Å²) >= 11 is 6.21. The summed E-state index contributed by atoms with van der Waals surface area (Å²) in [6.45, 7) is 2.60. The minimum atomic E-state index is 0.200. The molecule has 0 bridgehead atoms. The molecule has 0 saturated heterocycles. The molecule has 124 valence electrons. The summed E-state index contributed by atoms with van der Waals surface area (Å²) in [4.78, 5) is 5.26. The number of halogens is 1. The van der Waals surface area contributed by atoms with Crippen molar-refractivity contribution < 1.29 is 14.3 Å². The first kappa shape index (κ1) is 17.6. The molecule has 2 rings (SSSR count). The van der Waals surface area contributed by atoms with Gasteiger partial charge in [0.05, 0.1) is 36.6 Å². The second kappa shape index (κ2) is 8.80. The van der Waals surface area contributed by atoms with Gasteiger partial charge in [0, 0.05) is 17.2 Å².